The Hall–Kier alpha value is -1.20. The van der Waals surface area contributed by atoms with Gasteiger partial charge in [0.2, 0.25) is 5.95 Å². The highest BCUT2D eigenvalue weighted by Gasteiger charge is 2.20. The van der Waals surface area contributed by atoms with E-state index in [9.17, 15) is 13.3 Å². The Bertz CT molecular complexity index is 317. The molecule has 0 aromatic heterocycles. The van der Waals surface area contributed by atoms with Gasteiger partial charge in [0.15, 0.2) is 0 Å². The molecule has 0 fully saturated rings. The van der Waals surface area contributed by atoms with Crippen LogP contribution in [0.4, 0.5) is 13.3 Å². The fraction of sp³-hybridized carbons (Fsp3) is 0.769. The summed E-state index contributed by atoms with van der Waals surface area (Å²) in [5.41, 5.74) is 0. The summed E-state index contributed by atoms with van der Waals surface area (Å²) >= 11 is 0. The van der Waals surface area contributed by atoms with Gasteiger partial charge in [-0.15, -0.1) is 0 Å². The highest BCUT2D eigenvalue weighted by atomic mass is 19.3. The molecule has 1 atom stereocenters. The highest BCUT2D eigenvalue weighted by Crippen LogP contribution is 2.18. The summed E-state index contributed by atoms with van der Waals surface area (Å²) in [5, 5.41) is 0. The fourth-order valence-electron chi connectivity index (χ4n) is 1.62. The van der Waals surface area contributed by atoms with Crippen LogP contribution in [0.25, 0.3) is 0 Å². The third kappa shape index (κ3) is 6.50. The summed E-state index contributed by atoms with van der Waals surface area (Å²) < 4.78 is 39.5. The Morgan fingerprint density at radius 2 is 1.79 bits per heavy atom. The fourth-order valence-corrected chi connectivity index (χ4v) is 1.62. The molecule has 0 saturated carbocycles. The van der Waals surface area contributed by atoms with Crippen molar-refractivity contribution in [3.63, 3.8) is 0 Å². The van der Waals surface area contributed by atoms with Crippen molar-refractivity contribution in [2.75, 3.05) is 14.1 Å². The molecular weight excluding hydrogens is 257 g/mol. The lowest BCUT2D eigenvalue weighted by Crippen LogP contribution is -2.15. The van der Waals surface area contributed by atoms with Crippen molar-refractivity contribution in [3.05, 3.63) is 11.7 Å². The number of hydrogen-bond donors (Lipinski definition) is 0. The standard InChI is InChI=1S/C13H23F3N2O/c1-5-7-9-10(8-6-2)17-12(14)11(19-16)13(15)18(3)4/h10H,5-9H2,1-4H3/b13-11+,17-12+. The number of rotatable bonds is 9. The second-order valence-electron chi connectivity index (χ2n) is 4.60. The summed E-state index contributed by atoms with van der Waals surface area (Å²) in [5.74, 6) is -3.46. The highest BCUT2D eigenvalue weighted by molar-refractivity contribution is 5.90. The van der Waals surface area contributed by atoms with Gasteiger partial charge in [-0.3, -0.25) is 9.93 Å². The van der Waals surface area contributed by atoms with E-state index in [1.54, 1.807) is 0 Å². The van der Waals surface area contributed by atoms with Gasteiger partial charge < -0.3 is 4.90 Å². The quantitative estimate of drug-likeness (QED) is 0.357. The van der Waals surface area contributed by atoms with Gasteiger partial charge in [0.1, 0.15) is 0 Å². The third-order valence-corrected chi connectivity index (χ3v) is 2.65. The maximum atomic E-state index is 13.7. The molecule has 3 nitrogen and oxygen atoms in total. The van der Waals surface area contributed by atoms with Gasteiger partial charge in [0.25, 0.3) is 11.7 Å². The van der Waals surface area contributed by atoms with Crippen LogP contribution in [0.1, 0.15) is 46.0 Å². The molecule has 19 heavy (non-hydrogen) atoms. The van der Waals surface area contributed by atoms with E-state index in [2.05, 4.69) is 9.93 Å². The molecule has 0 aromatic rings. The van der Waals surface area contributed by atoms with Gasteiger partial charge in [0.05, 0.1) is 6.04 Å². The molecule has 0 heterocycles. The summed E-state index contributed by atoms with van der Waals surface area (Å²) in [7, 11) is 2.64. The van der Waals surface area contributed by atoms with Crippen LogP contribution in [0.2, 0.25) is 0 Å². The van der Waals surface area contributed by atoms with Crippen LogP contribution in [0.3, 0.4) is 0 Å². The number of allylic oxidation sites excluding steroid dienone is 1. The molecule has 0 bridgehead atoms. The van der Waals surface area contributed by atoms with Crippen molar-refractivity contribution < 1.29 is 18.2 Å². The molecule has 0 spiro atoms. The Morgan fingerprint density at radius 1 is 1.16 bits per heavy atom. The van der Waals surface area contributed by atoms with Crippen molar-refractivity contribution in [1.29, 1.82) is 0 Å². The first-order chi connectivity index (χ1) is 8.97. The van der Waals surface area contributed by atoms with E-state index in [1.165, 1.54) is 14.1 Å². The Morgan fingerprint density at radius 3 is 2.21 bits per heavy atom. The van der Waals surface area contributed by atoms with Gasteiger partial charge in [-0.25, -0.2) is 0 Å². The lowest BCUT2D eigenvalue weighted by atomic mass is 10.1. The summed E-state index contributed by atoms with van der Waals surface area (Å²) in [6, 6.07) is -0.273. The van der Waals surface area contributed by atoms with Crippen molar-refractivity contribution in [1.82, 2.24) is 4.90 Å². The molecule has 0 aliphatic rings. The Labute approximate surface area is 113 Å². The molecule has 0 saturated heterocycles. The van der Waals surface area contributed by atoms with E-state index in [-0.39, 0.29) is 6.04 Å². The lowest BCUT2D eigenvalue weighted by molar-refractivity contribution is -0.0802. The predicted molar refractivity (Wildman–Crippen MR) is 70.8 cm³/mol. The van der Waals surface area contributed by atoms with Crippen LogP contribution in [-0.4, -0.2) is 31.0 Å². The van der Waals surface area contributed by atoms with E-state index < -0.39 is 17.7 Å². The number of halogens is 3. The first kappa shape index (κ1) is 17.8. The monoisotopic (exact) mass is 280 g/mol. The Balaban J connectivity index is 5.02. The molecule has 0 N–H and O–H groups in total. The minimum Gasteiger partial charge on any atom is -0.351 e. The van der Waals surface area contributed by atoms with Crippen LogP contribution in [-0.2, 0) is 4.94 Å². The van der Waals surface area contributed by atoms with Gasteiger partial charge in [0, 0.05) is 18.6 Å². The van der Waals surface area contributed by atoms with Crippen LogP contribution < -0.4 is 0 Å². The maximum Gasteiger partial charge on any atom is 0.278 e. The zero-order valence-corrected chi connectivity index (χ0v) is 12.0. The Kier molecular flexibility index (Phi) is 9.08. The van der Waals surface area contributed by atoms with Crippen molar-refractivity contribution in [2.45, 2.75) is 52.0 Å². The largest absolute Gasteiger partial charge is 0.351 e. The molecule has 0 radical (unpaired) electrons. The summed E-state index contributed by atoms with van der Waals surface area (Å²) in [6.07, 6.45) is 4.06. The number of hydrogen-bond acceptors (Lipinski definition) is 3. The van der Waals surface area contributed by atoms with E-state index in [0.717, 1.165) is 24.2 Å². The number of nitrogens with zero attached hydrogens (tertiary/aromatic N) is 2. The lowest BCUT2D eigenvalue weighted by Gasteiger charge is -2.13. The minimum atomic E-state index is -1.23. The first-order valence-corrected chi connectivity index (χ1v) is 6.57. The van der Waals surface area contributed by atoms with Gasteiger partial charge in [-0.1, -0.05) is 33.1 Å². The van der Waals surface area contributed by atoms with E-state index in [0.29, 0.717) is 12.8 Å². The van der Waals surface area contributed by atoms with Gasteiger partial charge in [-0.05, 0) is 12.8 Å². The van der Waals surface area contributed by atoms with E-state index in [1.807, 2.05) is 13.8 Å². The number of aliphatic imine (C=N–C) groups is 1. The molecular formula is C13H23F3N2O. The second-order valence-corrected chi connectivity index (χ2v) is 4.60. The molecule has 0 amide bonds. The molecule has 0 aromatic carbocycles. The second kappa shape index (κ2) is 9.69. The smallest absolute Gasteiger partial charge is 0.278 e. The molecule has 0 rings (SSSR count). The van der Waals surface area contributed by atoms with Gasteiger partial charge >= 0.3 is 0 Å². The van der Waals surface area contributed by atoms with Crippen molar-refractivity contribution >= 4 is 5.97 Å². The SMILES string of the molecule is CCCCC(CCC)/N=C(F)\C(OF)=C(\F)N(C)C. The maximum absolute atomic E-state index is 13.7. The topological polar surface area (TPSA) is 24.8 Å². The van der Waals surface area contributed by atoms with Crippen LogP contribution in [0.15, 0.2) is 16.7 Å². The summed E-state index contributed by atoms with van der Waals surface area (Å²) in [4.78, 5) is 7.94. The third-order valence-electron chi connectivity index (χ3n) is 2.65. The molecule has 6 heteroatoms. The number of unbranched alkanes of at least 4 members (excludes halogenated alkanes) is 1. The van der Waals surface area contributed by atoms with E-state index in [4.69, 9.17) is 0 Å². The van der Waals surface area contributed by atoms with Crippen molar-refractivity contribution in [2.24, 2.45) is 4.99 Å². The molecule has 0 aliphatic carbocycles. The average Bonchev–Trinajstić information content (AvgIpc) is 2.36. The molecule has 1 unspecified atom stereocenters. The van der Waals surface area contributed by atoms with E-state index >= 15 is 0 Å². The minimum absolute atomic E-state index is 0.273. The molecule has 0 aliphatic heterocycles. The average molecular weight is 280 g/mol. The van der Waals surface area contributed by atoms with Crippen LogP contribution >= 0.6 is 0 Å². The zero-order chi connectivity index (χ0) is 14.8. The summed E-state index contributed by atoms with van der Waals surface area (Å²) in [6.45, 7) is 3.97. The predicted octanol–water partition coefficient (Wildman–Crippen LogP) is 4.31. The van der Waals surface area contributed by atoms with Crippen molar-refractivity contribution in [3.8, 4) is 0 Å². The first-order valence-electron chi connectivity index (χ1n) is 6.57. The zero-order valence-electron chi connectivity index (χ0n) is 12.0. The van der Waals surface area contributed by atoms with Crippen LogP contribution in [0, 0.1) is 0 Å². The van der Waals surface area contributed by atoms with Crippen LogP contribution in [0.5, 0.6) is 0 Å². The molecule has 112 valence electrons. The van der Waals surface area contributed by atoms with Gasteiger partial charge in [-0.2, -0.15) is 8.78 Å². The normalized spacial score (nSPS) is 15.0.